The highest BCUT2D eigenvalue weighted by Gasteiger charge is 2.20. The van der Waals surface area contributed by atoms with Crippen molar-refractivity contribution in [2.45, 2.75) is 13.0 Å². The lowest BCUT2D eigenvalue weighted by atomic mass is 10.2. The maximum absolute atomic E-state index is 13.1. The van der Waals surface area contributed by atoms with Crippen LogP contribution >= 0.6 is 11.6 Å². The van der Waals surface area contributed by atoms with Crippen LogP contribution in [0.1, 0.15) is 12.0 Å². The molecule has 0 bridgehead atoms. The summed E-state index contributed by atoms with van der Waals surface area (Å²) in [5, 5.41) is 2.91. The van der Waals surface area contributed by atoms with Gasteiger partial charge in [-0.3, -0.25) is 9.59 Å². The predicted octanol–water partition coefficient (Wildman–Crippen LogP) is 1.33. The van der Waals surface area contributed by atoms with Gasteiger partial charge in [0.05, 0.1) is 6.54 Å². The number of hydrogen-bond acceptors (Lipinski definition) is 2. The van der Waals surface area contributed by atoms with Gasteiger partial charge in [0.2, 0.25) is 11.8 Å². The third-order valence-corrected chi connectivity index (χ3v) is 3.14. The Labute approximate surface area is 109 Å². The first kappa shape index (κ1) is 12.8. The number of amides is 2. The van der Waals surface area contributed by atoms with Gasteiger partial charge in [0, 0.05) is 24.5 Å². The Morgan fingerprint density at radius 3 is 2.94 bits per heavy atom. The molecule has 1 aromatic carbocycles. The number of hydrogen-bond donors (Lipinski definition) is 1. The van der Waals surface area contributed by atoms with Crippen molar-refractivity contribution in [3.63, 3.8) is 0 Å². The molecule has 1 fully saturated rings. The Bertz CT molecular complexity index is 493. The number of nitrogens with one attached hydrogen (secondary N) is 1. The summed E-state index contributed by atoms with van der Waals surface area (Å²) in [5.74, 6) is -0.747. The maximum Gasteiger partial charge on any atom is 0.242 e. The van der Waals surface area contributed by atoms with Gasteiger partial charge in [-0.25, -0.2) is 4.39 Å². The Hall–Kier alpha value is -1.62. The van der Waals surface area contributed by atoms with E-state index in [0.717, 1.165) is 0 Å². The van der Waals surface area contributed by atoms with E-state index in [-0.39, 0.29) is 31.3 Å². The molecule has 1 saturated heterocycles. The van der Waals surface area contributed by atoms with E-state index in [9.17, 15) is 14.0 Å². The van der Waals surface area contributed by atoms with Crippen molar-refractivity contribution in [3.8, 4) is 0 Å². The normalized spacial score (nSPS) is 16.4. The summed E-state index contributed by atoms with van der Waals surface area (Å²) in [6.07, 6.45) is 0.249. The average Bonchev–Trinajstić information content (AvgIpc) is 2.49. The molecule has 1 heterocycles. The third-order valence-electron chi connectivity index (χ3n) is 2.77. The Morgan fingerprint density at radius 2 is 2.17 bits per heavy atom. The molecule has 0 unspecified atom stereocenters. The summed E-state index contributed by atoms with van der Waals surface area (Å²) in [6, 6.07) is 4.02. The minimum Gasteiger partial charge on any atom is -0.347 e. The molecular formula is C12H12ClFN2O2. The molecule has 1 aliphatic heterocycles. The third kappa shape index (κ3) is 2.98. The van der Waals surface area contributed by atoms with Crippen LogP contribution in [0.4, 0.5) is 4.39 Å². The molecular weight excluding hydrogens is 259 g/mol. The van der Waals surface area contributed by atoms with Crippen molar-refractivity contribution < 1.29 is 14.0 Å². The molecule has 0 atom stereocenters. The van der Waals surface area contributed by atoms with E-state index in [1.807, 2.05) is 0 Å². The van der Waals surface area contributed by atoms with E-state index < -0.39 is 5.82 Å². The molecule has 18 heavy (non-hydrogen) atoms. The number of nitrogens with zero attached hydrogens (tertiary/aromatic N) is 1. The first-order chi connectivity index (χ1) is 8.56. The van der Waals surface area contributed by atoms with E-state index in [1.54, 1.807) is 0 Å². The van der Waals surface area contributed by atoms with E-state index in [1.165, 1.54) is 23.1 Å². The Balaban J connectivity index is 2.14. The van der Waals surface area contributed by atoms with Crippen molar-refractivity contribution in [2.75, 3.05) is 13.1 Å². The van der Waals surface area contributed by atoms with Crippen LogP contribution in [0.5, 0.6) is 0 Å². The summed E-state index contributed by atoms with van der Waals surface area (Å²) >= 11 is 5.95. The summed E-state index contributed by atoms with van der Waals surface area (Å²) in [4.78, 5) is 24.4. The van der Waals surface area contributed by atoms with Gasteiger partial charge in [0.25, 0.3) is 0 Å². The highest BCUT2D eigenvalue weighted by molar-refractivity contribution is 6.31. The fourth-order valence-corrected chi connectivity index (χ4v) is 1.95. The van der Waals surface area contributed by atoms with E-state index in [2.05, 4.69) is 5.32 Å². The van der Waals surface area contributed by atoms with Crippen LogP contribution in [-0.2, 0) is 16.1 Å². The van der Waals surface area contributed by atoms with E-state index >= 15 is 0 Å². The maximum atomic E-state index is 13.1. The number of carbonyl (C=O) groups excluding carboxylic acids is 2. The van der Waals surface area contributed by atoms with Crippen molar-refractivity contribution in [3.05, 3.63) is 34.6 Å². The SMILES string of the molecule is O=C1CCN(Cc2cc(F)ccc2Cl)C(=O)CN1. The van der Waals surface area contributed by atoms with Crippen LogP contribution in [0.25, 0.3) is 0 Å². The molecule has 96 valence electrons. The molecule has 0 saturated carbocycles. The summed E-state index contributed by atoms with van der Waals surface area (Å²) in [5.41, 5.74) is 0.541. The van der Waals surface area contributed by atoms with Crippen LogP contribution in [0, 0.1) is 5.82 Å². The van der Waals surface area contributed by atoms with Crippen molar-refractivity contribution in [1.29, 1.82) is 0 Å². The number of rotatable bonds is 2. The number of carbonyl (C=O) groups is 2. The summed E-state index contributed by atoms with van der Waals surface area (Å²) in [6.45, 7) is 0.508. The molecule has 0 aromatic heterocycles. The van der Waals surface area contributed by atoms with Crippen molar-refractivity contribution in [2.24, 2.45) is 0 Å². The Kier molecular flexibility index (Phi) is 3.81. The molecule has 6 heteroatoms. The van der Waals surface area contributed by atoms with Crippen molar-refractivity contribution >= 4 is 23.4 Å². The topological polar surface area (TPSA) is 49.4 Å². The van der Waals surface area contributed by atoms with Crippen LogP contribution < -0.4 is 5.32 Å². The average molecular weight is 271 g/mol. The van der Waals surface area contributed by atoms with E-state index in [4.69, 9.17) is 11.6 Å². The van der Waals surface area contributed by atoms with Crippen LogP contribution in [-0.4, -0.2) is 29.8 Å². The fourth-order valence-electron chi connectivity index (χ4n) is 1.77. The molecule has 0 aliphatic carbocycles. The zero-order valence-corrected chi connectivity index (χ0v) is 10.3. The second-order valence-corrected chi connectivity index (χ2v) is 4.48. The molecule has 2 rings (SSSR count). The standard InChI is InChI=1S/C12H12ClFN2O2/c13-10-2-1-9(14)5-8(10)7-16-4-3-11(17)15-6-12(16)18/h1-2,5H,3-4,6-7H2,(H,15,17). The van der Waals surface area contributed by atoms with Gasteiger partial charge in [-0.05, 0) is 23.8 Å². The molecule has 1 aromatic rings. The summed E-state index contributed by atoms with van der Waals surface area (Å²) < 4.78 is 13.1. The second kappa shape index (κ2) is 5.35. The molecule has 1 aliphatic rings. The van der Waals surface area contributed by atoms with Gasteiger partial charge in [-0.2, -0.15) is 0 Å². The smallest absolute Gasteiger partial charge is 0.242 e. The van der Waals surface area contributed by atoms with E-state index in [0.29, 0.717) is 17.1 Å². The highest BCUT2D eigenvalue weighted by Crippen LogP contribution is 2.19. The predicted molar refractivity (Wildman–Crippen MR) is 64.5 cm³/mol. The van der Waals surface area contributed by atoms with Gasteiger partial charge >= 0.3 is 0 Å². The lowest BCUT2D eigenvalue weighted by Gasteiger charge is -2.20. The van der Waals surface area contributed by atoms with Gasteiger partial charge in [0.15, 0.2) is 0 Å². The number of benzene rings is 1. The van der Waals surface area contributed by atoms with Crippen LogP contribution in [0.15, 0.2) is 18.2 Å². The number of halogens is 2. The molecule has 0 spiro atoms. The van der Waals surface area contributed by atoms with Gasteiger partial charge in [-0.15, -0.1) is 0 Å². The molecule has 1 N–H and O–H groups in total. The molecule has 0 radical (unpaired) electrons. The quantitative estimate of drug-likeness (QED) is 0.881. The monoisotopic (exact) mass is 270 g/mol. The van der Waals surface area contributed by atoms with Crippen molar-refractivity contribution in [1.82, 2.24) is 10.2 Å². The minimum atomic E-state index is -0.397. The molecule has 2 amide bonds. The summed E-state index contributed by atoms with van der Waals surface area (Å²) in [7, 11) is 0. The zero-order valence-electron chi connectivity index (χ0n) is 9.58. The largest absolute Gasteiger partial charge is 0.347 e. The first-order valence-electron chi connectivity index (χ1n) is 5.54. The van der Waals surface area contributed by atoms with Gasteiger partial charge in [-0.1, -0.05) is 11.6 Å². The lowest BCUT2D eigenvalue weighted by Crippen LogP contribution is -2.34. The highest BCUT2D eigenvalue weighted by atomic mass is 35.5. The first-order valence-corrected chi connectivity index (χ1v) is 5.92. The Morgan fingerprint density at radius 1 is 1.39 bits per heavy atom. The zero-order chi connectivity index (χ0) is 13.1. The molecule has 4 nitrogen and oxygen atoms in total. The van der Waals surface area contributed by atoms with Gasteiger partial charge in [0.1, 0.15) is 5.82 Å². The van der Waals surface area contributed by atoms with Crippen LogP contribution in [0.2, 0.25) is 5.02 Å². The van der Waals surface area contributed by atoms with Crippen LogP contribution in [0.3, 0.4) is 0 Å². The lowest BCUT2D eigenvalue weighted by molar-refractivity contribution is -0.130. The second-order valence-electron chi connectivity index (χ2n) is 4.08. The fraction of sp³-hybridized carbons (Fsp3) is 0.333. The minimum absolute atomic E-state index is 0.0221. The van der Waals surface area contributed by atoms with Gasteiger partial charge < -0.3 is 10.2 Å².